The molecule has 0 saturated heterocycles. The molecule has 0 aliphatic carbocycles. The van der Waals surface area contributed by atoms with Gasteiger partial charge in [-0.25, -0.2) is 0 Å². The van der Waals surface area contributed by atoms with Gasteiger partial charge in [0.15, 0.2) is 0 Å². The molecule has 2 heteroatoms. The van der Waals surface area contributed by atoms with Crippen LogP contribution >= 0.6 is 11.6 Å². The molecular weight excluding hydrogens is 280 g/mol. The maximum atomic E-state index is 10.9. The molecule has 0 radical (unpaired) electrons. The van der Waals surface area contributed by atoms with E-state index in [1.54, 1.807) is 0 Å². The number of aliphatic hydroxyl groups is 1. The summed E-state index contributed by atoms with van der Waals surface area (Å²) in [6.07, 6.45) is 2.02. The fourth-order valence-electron chi connectivity index (χ4n) is 3.17. The number of halogens is 1. The van der Waals surface area contributed by atoms with E-state index in [9.17, 15) is 5.11 Å². The molecule has 1 nitrogen and oxygen atoms in total. The first-order chi connectivity index (χ1) is 10.1. The third-order valence-corrected chi connectivity index (χ3v) is 4.80. The van der Waals surface area contributed by atoms with Gasteiger partial charge >= 0.3 is 0 Å². The Morgan fingerprint density at radius 2 is 1.67 bits per heavy atom. The molecule has 112 valence electrons. The van der Waals surface area contributed by atoms with Gasteiger partial charge in [0.1, 0.15) is 0 Å². The van der Waals surface area contributed by atoms with Crippen LogP contribution in [-0.4, -0.2) is 11.2 Å². The summed E-state index contributed by atoms with van der Waals surface area (Å²) in [6.45, 7) is 4.30. The average molecular weight is 303 g/mol. The van der Waals surface area contributed by atoms with E-state index in [0.717, 1.165) is 23.4 Å². The van der Waals surface area contributed by atoms with E-state index < -0.39 is 6.10 Å². The standard InChI is InChI=1S/C19H23ClO/c1-3-19(4-2,16-10-6-5-7-11-16)18(21)14-15-9-8-12-17(20)13-15/h5-13,18,21H,3-4,14H2,1-2H3. The third-order valence-electron chi connectivity index (χ3n) is 4.57. The lowest BCUT2D eigenvalue weighted by atomic mass is 9.70. The summed E-state index contributed by atoms with van der Waals surface area (Å²) < 4.78 is 0. The maximum absolute atomic E-state index is 10.9. The van der Waals surface area contributed by atoms with Gasteiger partial charge in [0.2, 0.25) is 0 Å². The van der Waals surface area contributed by atoms with Crippen LogP contribution in [0.2, 0.25) is 5.02 Å². The molecule has 0 aliphatic heterocycles. The van der Waals surface area contributed by atoms with E-state index in [2.05, 4.69) is 26.0 Å². The second-order valence-corrected chi connectivity index (χ2v) is 6.02. The molecule has 2 rings (SSSR count). The molecule has 21 heavy (non-hydrogen) atoms. The predicted octanol–water partition coefficient (Wildman–Crippen LogP) is 5.00. The van der Waals surface area contributed by atoms with Crippen LogP contribution in [0.1, 0.15) is 37.8 Å². The van der Waals surface area contributed by atoms with Crippen LogP contribution in [0.25, 0.3) is 0 Å². The van der Waals surface area contributed by atoms with Crippen LogP contribution in [0.5, 0.6) is 0 Å². The lowest BCUT2D eigenvalue weighted by Crippen LogP contribution is -2.40. The van der Waals surface area contributed by atoms with E-state index in [4.69, 9.17) is 11.6 Å². The van der Waals surface area contributed by atoms with Gasteiger partial charge < -0.3 is 5.11 Å². The summed E-state index contributed by atoms with van der Waals surface area (Å²) in [7, 11) is 0. The second kappa shape index (κ2) is 7.11. The third kappa shape index (κ3) is 3.48. The summed E-state index contributed by atoms with van der Waals surface area (Å²) in [6, 6.07) is 18.1. The predicted molar refractivity (Wildman–Crippen MR) is 89.9 cm³/mol. The Morgan fingerprint density at radius 3 is 2.24 bits per heavy atom. The van der Waals surface area contributed by atoms with Crippen LogP contribution in [0.4, 0.5) is 0 Å². The Balaban J connectivity index is 2.29. The van der Waals surface area contributed by atoms with Crippen molar-refractivity contribution in [2.45, 2.75) is 44.6 Å². The highest BCUT2D eigenvalue weighted by Crippen LogP contribution is 2.36. The topological polar surface area (TPSA) is 20.2 Å². The van der Waals surface area contributed by atoms with Crippen LogP contribution in [-0.2, 0) is 11.8 Å². The fraction of sp³-hybridized carbons (Fsp3) is 0.368. The summed E-state index contributed by atoms with van der Waals surface area (Å²) in [5.74, 6) is 0. The molecule has 2 aromatic rings. The van der Waals surface area contributed by atoms with Crippen molar-refractivity contribution in [1.82, 2.24) is 0 Å². The molecule has 0 fully saturated rings. The van der Waals surface area contributed by atoms with Crippen molar-refractivity contribution in [2.75, 3.05) is 0 Å². The minimum atomic E-state index is -0.423. The van der Waals surface area contributed by atoms with E-state index in [-0.39, 0.29) is 5.41 Å². The Hall–Kier alpha value is -1.31. The summed E-state index contributed by atoms with van der Waals surface area (Å²) in [5, 5.41) is 11.6. The zero-order valence-corrected chi connectivity index (χ0v) is 13.5. The summed E-state index contributed by atoms with van der Waals surface area (Å²) in [4.78, 5) is 0. The van der Waals surface area contributed by atoms with E-state index in [0.29, 0.717) is 6.42 Å². The van der Waals surface area contributed by atoms with Crippen LogP contribution in [0, 0.1) is 0 Å². The molecule has 1 N–H and O–H groups in total. The van der Waals surface area contributed by atoms with Gasteiger partial charge in [-0.2, -0.15) is 0 Å². The van der Waals surface area contributed by atoms with Crippen LogP contribution in [0.3, 0.4) is 0 Å². The number of rotatable bonds is 6. The first kappa shape index (κ1) is 16.1. The Kier molecular flexibility index (Phi) is 5.44. The van der Waals surface area contributed by atoms with Crippen molar-refractivity contribution in [3.05, 3.63) is 70.7 Å². The minimum absolute atomic E-state index is 0.205. The molecule has 1 unspecified atom stereocenters. The monoisotopic (exact) mass is 302 g/mol. The van der Waals surface area contributed by atoms with Crippen LogP contribution < -0.4 is 0 Å². The molecule has 0 aromatic heterocycles. The highest BCUT2D eigenvalue weighted by Gasteiger charge is 2.36. The SMILES string of the molecule is CCC(CC)(c1ccccc1)C(O)Cc1cccc(Cl)c1. The average Bonchev–Trinajstić information content (AvgIpc) is 2.50. The molecular formula is C19H23ClO. The molecule has 0 saturated carbocycles. The highest BCUT2D eigenvalue weighted by atomic mass is 35.5. The lowest BCUT2D eigenvalue weighted by molar-refractivity contribution is 0.0734. The normalized spacial score (nSPS) is 13.1. The smallest absolute Gasteiger partial charge is 0.0676 e. The van der Waals surface area contributed by atoms with Crippen molar-refractivity contribution in [2.24, 2.45) is 0 Å². The quantitative estimate of drug-likeness (QED) is 0.796. The van der Waals surface area contributed by atoms with Gasteiger partial charge in [0.05, 0.1) is 6.10 Å². The highest BCUT2D eigenvalue weighted by molar-refractivity contribution is 6.30. The zero-order valence-electron chi connectivity index (χ0n) is 12.7. The Labute approximate surface area is 132 Å². The van der Waals surface area contributed by atoms with Crippen molar-refractivity contribution >= 4 is 11.6 Å². The van der Waals surface area contributed by atoms with Gasteiger partial charge in [-0.05, 0) is 42.5 Å². The molecule has 1 atom stereocenters. The van der Waals surface area contributed by atoms with Gasteiger partial charge in [-0.1, -0.05) is 67.9 Å². The molecule has 0 aliphatic rings. The molecule has 0 spiro atoms. The molecule has 2 aromatic carbocycles. The van der Waals surface area contributed by atoms with E-state index in [1.165, 1.54) is 5.56 Å². The zero-order chi connectivity index (χ0) is 15.3. The fourth-order valence-corrected chi connectivity index (χ4v) is 3.39. The first-order valence-electron chi connectivity index (χ1n) is 7.60. The summed E-state index contributed by atoms with van der Waals surface area (Å²) >= 11 is 6.05. The molecule has 0 heterocycles. The van der Waals surface area contributed by atoms with Gasteiger partial charge in [0.25, 0.3) is 0 Å². The first-order valence-corrected chi connectivity index (χ1v) is 7.98. The Morgan fingerprint density at radius 1 is 1.00 bits per heavy atom. The molecule has 0 bridgehead atoms. The van der Waals surface area contributed by atoms with Crippen LogP contribution in [0.15, 0.2) is 54.6 Å². The lowest BCUT2D eigenvalue weighted by Gasteiger charge is -2.37. The maximum Gasteiger partial charge on any atom is 0.0676 e. The van der Waals surface area contributed by atoms with Crippen molar-refractivity contribution in [1.29, 1.82) is 0 Å². The van der Waals surface area contributed by atoms with Crippen molar-refractivity contribution in [3.63, 3.8) is 0 Å². The van der Waals surface area contributed by atoms with Gasteiger partial charge in [0, 0.05) is 10.4 Å². The molecule has 0 amide bonds. The van der Waals surface area contributed by atoms with Gasteiger partial charge in [-0.15, -0.1) is 0 Å². The van der Waals surface area contributed by atoms with E-state index >= 15 is 0 Å². The Bertz CT molecular complexity index is 561. The number of hydrogen-bond donors (Lipinski definition) is 1. The van der Waals surface area contributed by atoms with Gasteiger partial charge in [-0.3, -0.25) is 0 Å². The number of hydrogen-bond acceptors (Lipinski definition) is 1. The van der Waals surface area contributed by atoms with Crippen molar-refractivity contribution in [3.8, 4) is 0 Å². The summed E-state index contributed by atoms with van der Waals surface area (Å²) in [5.41, 5.74) is 2.09. The minimum Gasteiger partial charge on any atom is -0.392 e. The largest absolute Gasteiger partial charge is 0.392 e. The number of aliphatic hydroxyl groups excluding tert-OH is 1. The van der Waals surface area contributed by atoms with E-state index in [1.807, 2.05) is 42.5 Å². The van der Waals surface area contributed by atoms with Crippen molar-refractivity contribution < 1.29 is 5.11 Å². The number of benzene rings is 2. The second-order valence-electron chi connectivity index (χ2n) is 5.58.